The predicted octanol–water partition coefficient (Wildman–Crippen LogP) is 1.53. The summed E-state index contributed by atoms with van der Waals surface area (Å²) in [5.74, 6) is 1.17. The monoisotopic (exact) mass is 243 g/mol. The highest BCUT2D eigenvalue weighted by atomic mass is 32.2. The summed E-state index contributed by atoms with van der Waals surface area (Å²) in [6.45, 7) is 4.32. The van der Waals surface area contributed by atoms with Gasteiger partial charge in [-0.3, -0.25) is 4.79 Å². The van der Waals surface area contributed by atoms with Crippen LogP contribution < -0.4 is 5.73 Å². The van der Waals surface area contributed by atoms with E-state index in [4.69, 9.17) is 10.5 Å². The van der Waals surface area contributed by atoms with Crippen molar-refractivity contribution in [3.8, 4) is 0 Å². The van der Waals surface area contributed by atoms with Gasteiger partial charge in [-0.05, 0) is 19.1 Å². The van der Waals surface area contributed by atoms with E-state index in [1.807, 2.05) is 0 Å². The van der Waals surface area contributed by atoms with Crippen molar-refractivity contribution in [1.29, 1.82) is 0 Å². The van der Waals surface area contributed by atoms with E-state index in [1.165, 1.54) is 4.68 Å². The van der Waals surface area contributed by atoms with Crippen LogP contribution in [0.25, 0.3) is 0 Å². The molecule has 0 radical (unpaired) electrons. The fourth-order valence-corrected chi connectivity index (χ4v) is 1.91. The maximum atomic E-state index is 11.2. The van der Waals surface area contributed by atoms with E-state index in [2.05, 4.69) is 12.0 Å². The topological polar surface area (TPSA) is 70.1 Å². The van der Waals surface area contributed by atoms with E-state index in [0.717, 1.165) is 17.2 Å². The van der Waals surface area contributed by atoms with Crippen LogP contribution in [0.1, 0.15) is 20.3 Å². The van der Waals surface area contributed by atoms with Crippen LogP contribution in [0.3, 0.4) is 0 Å². The van der Waals surface area contributed by atoms with Crippen LogP contribution in [0, 0.1) is 0 Å². The second kappa shape index (κ2) is 6.42. The van der Waals surface area contributed by atoms with Gasteiger partial charge in [-0.25, -0.2) is 4.68 Å². The molecule has 0 aliphatic heterocycles. The molecular weight excluding hydrogens is 226 g/mol. The second-order valence-electron chi connectivity index (χ2n) is 3.22. The van der Waals surface area contributed by atoms with E-state index in [9.17, 15) is 4.79 Å². The first kappa shape index (κ1) is 12.9. The predicted molar refractivity (Wildman–Crippen MR) is 64.3 cm³/mol. The molecule has 16 heavy (non-hydrogen) atoms. The molecule has 1 aromatic heterocycles. The average Bonchev–Trinajstić information content (AvgIpc) is 2.57. The smallest absolute Gasteiger partial charge is 0.327 e. The summed E-state index contributed by atoms with van der Waals surface area (Å²) in [4.78, 5) is 11.2. The lowest BCUT2D eigenvalue weighted by molar-refractivity contribution is -0.144. The molecule has 90 valence electrons. The Morgan fingerprint density at radius 2 is 2.38 bits per heavy atom. The van der Waals surface area contributed by atoms with Crippen molar-refractivity contribution in [3.63, 3.8) is 0 Å². The van der Waals surface area contributed by atoms with Crippen LogP contribution in [0.2, 0.25) is 0 Å². The van der Waals surface area contributed by atoms with E-state index in [1.54, 1.807) is 24.8 Å². The lowest BCUT2D eigenvalue weighted by Crippen LogP contribution is -2.16. The maximum Gasteiger partial charge on any atom is 0.327 e. The van der Waals surface area contributed by atoms with Crippen LogP contribution in [0.5, 0.6) is 0 Å². The first-order chi connectivity index (χ1) is 7.67. The van der Waals surface area contributed by atoms with E-state index in [-0.39, 0.29) is 12.5 Å². The standard InChI is InChI=1S/C10H17N3O2S/c1-3-5-16-9-6-8(11)13(12-9)7-10(14)15-4-2/h6H,3-5,7,11H2,1-2H3. The van der Waals surface area contributed by atoms with Crippen molar-refractivity contribution in [3.05, 3.63) is 6.07 Å². The number of nitrogens with two attached hydrogens (primary N) is 1. The molecule has 0 unspecified atom stereocenters. The highest BCUT2D eigenvalue weighted by molar-refractivity contribution is 7.99. The Balaban J connectivity index is 2.59. The Kier molecular flexibility index (Phi) is 5.18. The SMILES string of the molecule is CCCSc1cc(N)n(CC(=O)OCC)n1. The number of nitrogens with zero attached hydrogens (tertiary/aromatic N) is 2. The number of ether oxygens (including phenoxy) is 1. The number of esters is 1. The Bertz CT molecular complexity index is 352. The third-order valence-corrected chi connectivity index (χ3v) is 2.93. The number of aromatic nitrogens is 2. The normalized spacial score (nSPS) is 10.4. The zero-order valence-electron chi connectivity index (χ0n) is 9.60. The van der Waals surface area contributed by atoms with Gasteiger partial charge in [-0.2, -0.15) is 5.10 Å². The van der Waals surface area contributed by atoms with Gasteiger partial charge >= 0.3 is 5.97 Å². The van der Waals surface area contributed by atoms with Crippen molar-refractivity contribution in [2.24, 2.45) is 0 Å². The summed E-state index contributed by atoms with van der Waals surface area (Å²) in [5.41, 5.74) is 5.74. The minimum Gasteiger partial charge on any atom is -0.465 e. The highest BCUT2D eigenvalue weighted by Crippen LogP contribution is 2.19. The van der Waals surface area contributed by atoms with Crippen LogP contribution in [0.4, 0.5) is 5.82 Å². The van der Waals surface area contributed by atoms with Crippen LogP contribution in [-0.4, -0.2) is 28.1 Å². The number of carbonyl (C=O) groups excluding carboxylic acids is 1. The third-order valence-electron chi connectivity index (χ3n) is 1.83. The van der Waals surface area contributed by atoms with Gasteiger partial charge in [-0.15, -0.1) is 11.8 Å². The number of rotatable bonds is 6. The molecule has 0 saturated carbocycles. The quantitative estimate of drug-likeness (QED) is 0.606. The molecule has 2 N–H and O–H groups in total. The fraction of sp³-hybridized carbons (Fsp3) is 0.600. The third kappa shape index (κ3) is 3.77. The molecule has 1 aromatic rings. The van der Waals surface area contributed by atoms with Crippen molar-refractivity contribution in [2.45, 2.75) is 31.8 Å². The summed E-state index contributed by atoms with van der Waals surface area (Å²) >= 11 is 1.63. The minimum atomic E-state index is -0.315. The molecular formula is C10H17N3O2S. The number of hydrogen-bond acceptors (Lipinski definition) is 5. The molecule has 0 bridgehead atoms. The molecule has 0 spiro atoms. The number of thioether (sulfide) groups is 1. The van der Waals surface area contributed by atoms with E-state index >= 15 is 0 Å². The van der Waals surface area contributed by atoms with Gasteiger partial charge in [0, 0.05) is 6.07 Å². The van der Waals surface area contributed by atoms with Crippen molar-refractivity contribution in [1.82, 2.24) is 9.78 Å². The van der Waals surface area contributed by atoms with Crippen LogP contribution in [-0.2, 0) is 16.1 Å². The molecule has 5 nitrogen and oxygen atoms in total. The molecule has 1 rings (SSSR count). The minimum absolute atomic E-state index is 0.0758. The van der Waals surface area contributed by atoms with Crippen LogP contribution in [0.15, 0.2) is 11.1 Å². The van der Waals surface area contributed by atoms with Gasteiger partial charge in [0.15, 0.2) is 0 Å². The zero-order valence-corrected chi connectivity index (χ0v) is 10.4. The van der Waals surface area contributed by atoms with Crippen molar-refractivity contribution in [2.75, 3.05) is 18.1 Å². The fourth-order valence-electron chi connectivity index (χ4n) is 1.14. The first-order valence-corrected chi connectivity index (χ1v) is 6.27. The summed E-state index contributed by atoms with van der Waals surface area (Å²) in [6, 6.07) is 1.78. The van der Waals surface area contributed by atoms with Gasteiger partial charge in [0.05, 0.1) is 6.61 Å². The molecule has 0 aliphatic carbocycles. The Labute approximate surface area is 99.3 Å². The molecule has 0 saturated heterocycles. The van der Waals surface area contributed by atoms with Gasteiger partial charge in [0.1, 0.15) is 17.4 Å². The lowest BCUT2D eigenvalue weighted by atomic mass is 10.6. The molecule has 0 fully saturated rings. The zero-order chi connectivity index (χ0) is 12.0. The second-order valence-corrected chi connectivity index (χ2v) is 4.33. The largest absolute Gasteiger partial charge is 0.465 e. The number of nitrogen functional groups attached to an aromatic ring is 1. The molecule has 6 heteroatoms. The van der Waals surface area contributed by atoms with Crippen molar-refractivity contribution < 1.29 is 9.53 Å². The van der Waals surface area contributed by atoms with Gasteiger partial charge in [0.2, 0.25) is 0 Å². The van der Waals surface area contributed by atoms with Gasteiger partial charge in [-0.1, -0.05) is 6.92 Å². The molecule has 1 heterocycles. The van der Waals surface area contributed by atoms with Crippen molar-refractivity contribution >= 4 is 23.5 Å². The summed E-state index contributed by atoms with van der Waals surface area (Å²) in [5, 5.41) is 5.07. The Morgan fingerprint density at radius 1 is 1.62 bits per heavy atom. The maximum absolute atomic E-state index is 11.2. The Hall–Kier alpha value is -1.17. The van der Waals surface area contributed by atoms with E-state index < -0.39 is 0 Å². The highest BCUT2D eigenvalue weighted by Gasteiger charge is 2.09. The number of carbonyl (C=O) groups is 1. The summed E-state index contributed by atoms with van der Waals surface area (Å²) in [6.07, 6.45) is 1.08. The molecule has 0 atom stereocenters. The molecule has 0 amide bonds. The van der Waals surface area contributed by atoms with Crippen LogP contribution >= 0.6 is 11.8 Å². The molecule has 0 aromatic carbocycles. The first-order valence-electron chi connectivity index (χ1n) is 5.29. The number of anilines is 1. The summed E-state index contributed by atoms with van der Waals surface area (Å²) < 4.78 is 6.30. The average molecular weight is 243 g/mol. The summed E-state index contributed by atoms with van der Waals surface area (Å²) in [7, 11) is 0. The van der Waals surface area contributed by atoms with Gasteiger partial charge in [0.25, 0.3) is 0 Å². The van der Waals surface area contributed by atoms with E-state index in [0.29, 0.717) is 12.4 Å². The molecule has 0 aliphatic rings. The number of hydrogen-bond donors (Lipinski definition) is 1. The van der Waals surface area contributed by atoms with Gasteiger partial charge < -0.3 is 10.5 Å². The Morgan fingerprint density at radius 3 is 3.00 bits per heavy atom. The lowest BCUT2D eigenvalue weighted by Gasteiger charge is -2.03.